The molecular weight excluding hydrogens is 456 g/mol. The second-order valence-electron chi connectivity index (χ2n) is 8.86. The fourth-order valence-electron chi connectivity index (χ4n) is 4.14. The molecule has 0 bridgehead atoms. The number of thiophene rings is 1. The van der Waals surface area contributed by atoms with Gasteiger partial charge >= 0.3 is 0 Å². The third-order valence-corrected chi connectivity index (χ3v) is 7.18. The first-order chi connectivity index (χ1) is 17.1. The number of ether oxygens (including phenoxy) is 1. The topological polar surface area (TPSA) is 49.9 Å². The van der Waals surface area contributed by atoms with Gasteiger partial charge in [-0.3, -0.25) is 9.59 Å². The summed E-state index contributed by atoms with van der Waals surface area (Å²) in [5, 5.41) is 2.05. The summed E-state index contributed by atoms with van der Waals surface area (Å²) in [6.07, 6.45) is 5.22. The van der Waals surface area contributed by atoms with Crippen LogP contribution in [-0.4, -0.2) is 47.4 Å². The molecular formula is C29H32N2O3S. The smallest absolute Gasteiger partial charge is 0.247 e. The molecule has 4 rings (SSSR count). The van der Waals surface area contributed by atoms with Gasteiger partial charge in [0, 0.05) is 30.6 Å². The molecule has 2 heterocycles. The van der Waals surface area contributed by atoms with Gasteiger partial charge in [0.15, 0.2) is 0 Å². The number of rotatable bonds is 10. The zero-order chi connectivity index (χ0) is 24.5. The van der Waals surface area contributed by atoms with Crippen molar-refractivity contribution in [3.05, 3.63) is 99.8 Å². The summed E-state index contributed by atoms with van der Waals surface area (Å²) in [4.78, 5) is 31.5. The number of hydrogen-bond donors (Lipinski definition) is 0. The van der Waals surface area contributed by atoms with Crippen molar-refractivity contribution < 1.29 is 14.3 Å². The van der Waals surface area contributed by atoms with Gasteiger partial charge in [-0.05, 0) is 54.0 Å². The highest BCUT2D eigenvalue weighted by Crippen LogP contribution is 2.20. The molecule has 0 saturated carbocycles. The molecule has 1 saturated heterocycles. The Morgan fingerprint density at radius 2 is 1.74 bits per heavy atom. The fraction of sp³-hybridized carbons (Fsp3) is 0.310. The predicted molar refractivity (Wildman–Crippen MR) is 141 cm³/mol. The van der Waals surface area contributed by atoms with Crippen molar-refractivity contribution in [2.45, 2.75) is 39.0 Å². The van der Waals surface area contributed by atoms with Crippen LogP contribution in [0.4, 0.5) is 0 Å². The van der Waals surface area contributed by atoms with Crippen LogP contribution >= 0.6 is 11.3 Å². The number of nitrogens with zero attached hydrogens (tertiary/aromatic N) is 2. The largest absolute Gasteiger partial charge is 0.376 e. The van der Waals surface area contributed by atoms with Crippen LogP contribution in [0.25, 0.3) is 6.08 Å². The van der Waals surface area contributed by atoms with E-state index < -0.39 is 0 Å². The molecule has 1 aromatic heterocycles. The second-order valence-corrected chi connectivity index (χ2v) is 9.86. The quantitative estimate of drug-likeness (QED) is 0.364. The monoisotopic (exact) mass is 488 g/mol. The molecule has 6 heteroatoms. The first kappa shape index (κ1) is 24.9. The van der Waals surface area contributed by atoms with Gasteiger partial charge in [0.05, 0.1) is 12.6 Å². The maximum Gasteiger partial charge on any atom is 0.247 e. The molecule has 35 heavy (non-hydrogen) atoms. The van der Waals surface area contributed by atoms with E-state index in [4.69, 9.17) is 4.74 Å². The fourth-order valence-corrected chi connectivity index (χ4v) is 5.06. The van der Waals surface area contributed by atoms with Crippen LogP contribution in [0.3, 0.4) is 0 Å². The van der Waals surface area contributed by atoms with E-state index in [0.717, 1.165) is 28.8 Å². The van der Waals surface area contributed by atoms with Gasteiger partial charge in [0.1, 0.15) is 6.54 Å². The van der Waals surface area contributed by atoms with Gasteiger partial charge in [-0.1, -0.05) is 60.7 Å². The van der Waals surface area contributed by atoms with Crippen molar-refractivity contribution in [3.63, 3.8) is 0 Å². The van der Waals surface area contributed by atoms with E-state index >= 15 is 0 Å². The van der Waals surface area contributed by atoms with Crippen LogP contribution in [0.2, 0.25) is 0 Å². The average molecular weight is 489 g/mol. The molecule has 1 aliphatic rings. The molecule has 3 aromatic rings. The van der Waals surface area contributed by atoms with Gasteiger partial charge < -0.3 is 14.5 Å². The van der Waals surface area contributed by atoms with Gasteiger partial charge in [-0.15, -0.1) is 11.3 Å². The SMILES string of the molecule is Cc1ccsc1CN(Cc1ccccc1)C(=O)CN(CC1CCCO1)C(=O)/C=C/c1ccccc1. The number of carbonyl (C=O) groups excluding carboxylic acids is 2. The Kier molecular flexibility index (Phi) is 8.87. The first-order valence-corrected chi connectivity index (χ1v) is 12.9. The Morgan fingerprint density at radius 3 is 2.40 bits per heavy atom. The number of aryl methyl sites for hydroxylation is 1. The summed E-state index contributed by atoms with van der Waals surface area (Å²) in [6, 6.07) is 21.8. The van der Waals surface area contributed by atoms with Crippen molar-refractivity contribution in [1.29, 1.82) is 0 Å². The van der Waals surface area contributed by atoms with E-state index in [2.05, 4.69) is 18.4 Å². The standard InChI is InChI=1S/C29H32N2O3S/c1-23-16-18-35-27(23)21-30(19-25-11-6-3-7-12-25)29(33)22-31(20-26-13-8-17-34-26)28(32)15-14-24-9-4-2-5-10-24/h2-7,9-12,14-16,18,26H,8,13,17,19-22H2,1H3/b15-14+. The highest BCUT2D eigenvalue weighted by Gasteiger charge is 2.26. The highest BCUT2D eigenvalue weighted by atomic mass is 32.1. The summed E-state index contributed by atoms with van der Waals surface area (Å²) in [5.74, 6) is -0.245. The number of hydrogen-bond acceptors (Lipinski definition) is 4. The third kappa shape index (κ3) is 7.38. The van der Waals surface area contributed by atoms with Crippen LogP contribution in [0.15, 0.2) is 78.2 Å². The molecule has 5 nitrogen and oxygen atoms in total. The van der Waals surface area contributed by atoms with Crippen LogP contribution in [-0.2, 0) is 27.4 Å². The lowest BCUT2D eigenvalue weighted by Crippen LogP contribution is -2.44. The summed E-state index contributed by atoms with van der Waals surface area (Å²) in [5.41, 5.74) is 3.19. The second kappa shape index (κ2) is 12.5. The average Bonchev–Trinajstić information content (AvgIpc) is 3.54. The molecule has 182 valence electrons. The number of carbonyl (C=O) groups is 2. The third-order valence-electron chi connectivity index (χ3n) is 6.18. The minimum absolute atomic E-state index is 0.0229. The van der Waals surface area contributed by atoms with Crippen molar-refractivity contribution >= 4 is 29.2 Å². The van der Waals surface area contributed by atoms with Crippen LogP contribution in [0.5, 0.6) is 0 Å². The van der Waals surface area contributed by atoms with E-state index in [9.17, 15) is 9.59 Å². The summed E-state index contributed by atoms with van der Waals surface area (Å²) < 4.78 is 5.79. The molecule has 0 aliphatic carbocycles. The van der Waals surface area contributed by atoms with Gasteiger partial charge in [-0.2, -0.15) is 0 Å². The zero-order valence-corrected chi connectivity index (χ0v) is 21.0. The molecule has 1 aliphatic heterocycles. The van der Waals surface area contributed by atoms with Crippen LogP contribution in [0.1, 0.15) is 34.4 Å². The normalized spacial score (nSPS) is 15.4. The molecule has 1 fully saturated rings. The molecule has 0 radical (unpaired) electrons. The predicted octanol–water partition coefficient (Wildman–Crippen LogP) is 5.31. The van der Waals surface area contributed by atoms with Crippen molar-refractivity contribution in [3.8, 4) is 0 Å². The molecule has 1 atom stereocenters. The Hall–Kier alpha value is -3.22. The molecule has 1 unspecified atom stereocenters. The van der Waals surface area contributed by atoms with Crippen molar-refractivity contribution in [1.82, 2.24) is 9.80 Å². The Morgan fingerprint density at radius 1 is 1.00 bits per heavy atom. The summed E-state index contributed by atoms with van der Waals surface area (Å²) in [6.45, 7) is 4.24. The van der Waals surface area contributed by atoms with E-state index in [1.165, 1.54) is 5.56 Å². The molecule has 2 amide bonds. The lowest BCUT2D eigenvalue weighted by Gasteiger charge is -2.28. The maximum absolute atomic E-state index is 13.6. The van der Waals surface area contributed by atoms with E-state index in [1.807, 2.05) is 65.6 Å². The molecule has 2 aromatic carbocycles. The maximum atomic E-state index is 13.6. The number of benzene rings is 2. The van der Waals surface area contributed by atoms with Gasteiger partial charge in [0.25, 0.3) is 0 Å². The first-order valence-electron chi connectivity index (χ1n) is 12.1. The van der Waals surface area contributed by atoms with Crippen molar-refractivity contribution in [2.75, 3.05) is 19.7 Å². The lowest BCUT2D eigenvalue weighted by molar-refractivity contribution is -0.140. The van der Waals surface area contributed by atoms with Gasteiger partial charge in [-0.25, -0.2) is 0 Å². The minimum Gasteiger partial charge on any atom is -0.376 e. The molecule has 0 spiro atoms. The van der Waals surface area contributed by atoms with E-state index in [1.54, 1.807) is 28.4 Å². The Balaban J connectivity index is 1.51. The number of amides is 2. The highest BCUT2D eigenvalue weighted by molar-refractivity contribution is 7.10. The van der Waals surface area contributed by atoms with E-state index in [-0.39, 0.29) is 24.5 Å². The molecule has 0 N–H and O–H groups in total. The van der Waals surface area contributed by atoms with Crippen LogP contribution in [0, 0.1) is 6.92 Å². The summed E-state index contributed by atoms with van der Waals surface area (Å²) in [7, 11) is 0. The zero-order valence-electron chi connectivity index (χ0n) is 20.1. The van der Waals surface area contributed by atoms with Crippen molar-refractivity contribution in [2.24, 2.45) is 0 Å². The van der Waals surface area contributed by atoms with E-state index in [0.29, 0.717) is 26.2 Å². The Labute approximate surface area is 211 Å². The summed E-state index contributed by atoms with van der Waals surface area (Å²) >= 11 is 1.66. The van der Waals surface area contributed by atoms with Crippen LogP contribution < -0.4 is 0 Å². The lowest BCUT2D eigenvalue weighted by atomic mass is 10.2. The van der Waals surface area contributed by atoms with Gasteiger partial charge in [0.2, 0.25) is 11.8 Å². The Bertz CT molecular complexity index is 1120. The minimum atomic E-state index is -0.176.